The maximum atomic E-state index is 12.8. The number of hydrogen-bond acceptors (Lipinski definition) is 7. The Labute approximate surface area is 191 Å². The summed E-state index contributed by atoms with van der Waals surface area (Å²) in [6, 6.07) is -5.29. The van der Waals surface area contributed by atoms with Gasteiger partial charge in [-0.25, -0.2) is 4.79 Å². The van der Waals surface area contributed by atoms with E-state index in [-0.39, 0.29) is 12.8 Å². The minimum absolute atomic E-state index is 0.163. The molecular weight excluding hydrogens is 440 g/mol. The molecule has 5 atom stereocenters. The van der Waals surface area contributed by atoms with Gasteiger partial charge in [-0.1, -0.05) is 34.1 Å². The average Bonchev–Trinajstić information content (AvgIpc) is 2.71. The molecule has 0 aromatic carbocycles. The lowest BCUT2D eigenvalue weighted by molar-refractivity contribution is -0.145. The van der Waals surface area contributed by atoms with Crippen LogP contribution in [0, 0.1) is 11.8 Å². The van der Waals surface area contributed by atoms with Gasteiger partial charge in [-0.2, -0.15) is 0 Å². The molecule has 188 valence electrons. The zero-order valence-electron chi connectivity index (χ0n) is 19.2. The van der Waals surface area contributed by atoms with E-state index in [4.69, 9.17) is 15.9 Å². The van der Waals surface area contributed by atoms with E-state index in [9.17, 15) is 33.9 Å². The number of carboxylic acid groups (broad SMARTS) is 3. The van der Waals surface area contributed by atoms with E-state index in [1.54, 1.807) is 27.7 Å². The zero-order valence-corrected chi connectivity index (χ0v) is 19.2. The van der Waals surface area contributed by atoms with Crippen LogP contribution in [0.1, 0.15) is 53.4 Å². The summed E-state index contributed by atoms with van der Waals surface area (Å²) in [5.41, 5.74) is 5.65. The number of aliphatic carboxylic acids is 3. The molecule has 0 aliphatic heterocycles. The number of amides is 3. The molecule has 0 rings (SSSR count). The first-order valence-electron chi connectivity index (χ1n) is 10.5. The van der Waals surface area contributed by atoms with Crippen LogP contribution in [0.2, 0.25) is 0 Å². The first-order chi connectivity index (χ1) is 15.2. The van der Waals surface area contributed by atoms with Gasteiger partial charge in [0, 0.05) is 6.42 Å². The maximum absolute atomic E-state index is 12.8. The summed E-state index contributed by atoms with van der Waals surface area (Å²) in [4.78, 5) is 71.0. The van der Waals surface area contributed by atoms with Gasteiger partial charge in [-0.3, -0.25) is 24.0 Å². The normalized spacial score (nSPS) is 15.5. The zero-order chi connectivity index (χ0) is 25.9. The second kappa shape index (κ2) is 14.0. The Bertz CT molecular complexity index is 741. The standard InChI is InChI=1S/C20H34N4O9/c1-5-10(4)16(20(32)33)24-18(30)12(8-14(27)28)22-19(31)15(9(2)3)23-17(29)11(21)6-7-13(25)26/h9-12,15-16H,5-8,21H2,1-4H3,(H,22,31)(H,23,29)(H,24,30)(H,25,26)(H,27,28)(H,32,33). The van der Waals surface area contributed by atoms with E-state index in [2.05, 4.69) is 16.0 Å². The second-order valence-electron chi connectivity index (χ2n) is 8.14. The molecule has 0 spiro atoms. The number of rotatable bonds is 15. The minimum Gasteiger partial charge on any atom is -0.481 e. The molecule has 0 radical (unpaired) electrons. The first kappa shape index (κ1) is 29.8. The molecule has 0 aliphatic carbocycles. The van der Waals surface area contributed by atoms with Crippen LogP contribution in [0.15, 0.2) is 0 Å². The molecule has 0 aromatic rings. The van der Waals surface area contributed by atoms with Crippen LogP contribution in [-0.2, 0) is 28.8 Å². The number of nitrogens with one attached hydrogen (secondary N) is 3. The molecule has 33 heavy (non-hydrogen) atoms. The summed E-state index contributed by atoms with van der Waals surface area (Å²) in [6.45, 7) is 6.49. The fraction of sp³-hybridized carbons (Fsp3) is 0.700. The van der Waals surface area contributed by atoms with Crippen molar-refractivity contribution in [3.63, 3.8) is 0 Å². The Morgan fingerprint density at radius 2 is 1.33 bits per heavy atom. The predicted molar refractivity (Wildman–Crippen MR) is 115 cm³/mol. The lowest BCUT2D eigenvalue weighted by atomic mass is 9.98. The topological polar surface area (TPSA) is 225 Å². The van der Waals surface area contributed by atoms with Crippen molar-refractivity contribution in [1.29, 1.82) is 0 Å². The molecule has 3 amide bonds. The molecule has 0 aromatic heterocycles. The van der Waals surface area contributed by atoms with Crippen molar-refractivity contribution in [2.45, 2.75) is 77.5 Å². The Morgan fingerprint density at radius 3 is 1.76 bits per heavy atom. The summed E-state index contributed by atoms with van der Waals surface area (Å²) in [5.74, 6) is -7.47. The predicted octanol–water partition coefficient (Wildman–Crippen LogP) is -1.11. The largest absolute Gasteiger partial charge is 0.481 e. The fourth-order valence-corrected chi connectivity index (χ4v) is 2.79. The molecule has 13 heteroatoms. The van der Waals surface area contributed by atoms with Crippen molar-refractivity contribution in [2.75, 3.05) is 0 Å². The van der Waals surface area contributed by atoms with Gasteiger partial charge < -0.3 is 37.0 Å². The van der Waals surface area contributed by atoms with E-state index >= 15 is 0 Å². The molecule has 0 saturated carbocycles. The Hall–Kier alpha value is -3.22. The molecule has 0 fully saturated rings. The van der Waals surface area contributed by atoms with Crippen LogP contribution in [-0.4, -0.2) is 75.1 Å². The number of hydrogen-bond donors (Lipinski definition) is 7. The number of carboxylic acids is 3. The summed E-state index contributed by atoms with van der Waals surface area (Å²) in [5, 5.41) is 34.1. The van der Waals surface area contributed by atoms with Crippen molar-refractivity contribution in [2.24, 2.45) is 17.6 Å². The van der Waals surface area contributed by atoms with E-state index < -0.39 is 78.1 Å². The van der Waals surface area contributed by atoms with Gasteiger partial charge >= 0.3 is 17.9 Å². The Balaban J connectivity index is 5.46. The van der Waals surface area contributed by atoms with Crippen molar-refractivity contribution in [3.05, 3.63) is 0 Å². The lowest BCUT2D eigenvalue weighted by Crippen LogP contribution is -2.59. The van der Waals surface area contributed by atoms with E-state index in [1.165, 1.54) is 0 Å². The number of carbonyl (C=O) groups is 6. The van der Waals surface area contributed by atoms with Crippen molar-refractivity contribution in [1.82, 2.24) is 16.0 Å². The maximum Gasteiger partial charge on any atom is 0.326 e. The van der Waals surface area contributed by atoms with E-state index in [1.807, 2.05) is 0 Å². The minimum atomic E-state index is -1.60. The van der Waals surface area contributed by atoms with Gasteiger partial charge in [0.1, 0.15) is 18.1 Å². The van der Waals surface area contributed by atoms with Crippen molar-refractivity contribution in [3.8, 4) is 0 Å². The van der Waals surface area contributed by atoms with Gasteiger partial charge in [0.25, 0.3) is 0 Å². The van der Waals surface area contributed by atoms with Crippen LogP contribution < -0.4 is 21.7 Å². The molecule has 0 bridgehead atoms. The van der Waals surface area contributed by atoms with Gasteiger partial charge in [0.05, 0.1) is 12.5 Å². The molecule has 0 heterocycles. The molecule has 8 N–H and O–H groups in total. The quantitative estimate of drug-likeness (QED) is 0.151. The van der Waals surface area contributed by atoms with Gasteiger partial charge in [-0.05, 0) is 18.3 Å². The SMILES string of the molecule is CCC(C)C(NC(=O)C(CC(=O)O)NC(=O)C(NC(=O)C(N)CCC(=O)O)C(C)C)C(=O)O. The van der Waals surface area contributed by atoms with Crippen molar-refractivity contribution < 1.29 is 44.1 Å². The lowest BCUT2D eigenvalue weighted by Gasteiger charge is -2.27. The monoisotopic (exact) mass is 474 g/mol. The van der Waals surface area contributed by atoms with E-state index in [0.29, 0.717) is 6.42 Å². The third kappa shape index (κ3) is 10.8. The van der Waals surface area contributed by atoms with Gasteiger partial charge in [0.2, 0.25) is 17.7 Å². The Kier molecular flexibility index (Phi) is 12.7. The second-order valence-corrected chi connectivity index (χ2v) is 8.14. The number of carbonyl (C=O) groups excluding carboxylic acids is 3. The van der Waals surface area contributed by atoms with Gasteiger partial charge in [-0.15, -0.1) is 0 Å². The highest BCUT2D eigenvalue weighted by molar-refractivity contribution is 5.95. The van der Waals surface area contributed by atoms with Gasteiger partial charge in [0.15, 0.2) is 0 Å². The van der Waals surface area contributed by atoms with Crippen LogP contribution >= 0.6 is 0 Å². The summed E-state index contributed by atoms with van der Waals surface area (Å²) >= 11 is 0. The highest BCUT2D eigenvalue weighted by Crippen LogP contribution is 2.10. The first-order valence-corrected chi connectivity index (χ1v) is 10.5. The highest BCUT2D eigenvalue weighted by Gasteiger charge is 2.33. The fourth-order valence-electron chi connectivity index (χ4n) is 2.79. The highest BCUT2D eigenvalue weighted by atomic mass is 16.4. The smallest absolute Gasteiger partial charge is 0.326 e. The van der Waals surface area contributed by atoms with Crippen LogP contribution in [0.4, 0.5) is 0 Å². The molecule has 0 saturated heterocycles. The molecule has 5 unspecified atom stereocenters. The Morgan fingerprint density at radius 1 is 0.788 bits per heavy atom. The van der Waals surface area contributed by atoms with Crippen LogP contribution in [0.3, 0.4) is 0 Å². The average molecular weight is 475 g/mol. The summed E-state index contributed by atoms with van der Waals surface area (Å²) in [7, 11) is 0. The van der Waals surface area contributed by atoms with Crippen molar-refractivity contribution >= 4 is 35.6 Å². The summed E-state index contributed by atoms with van der Waals surface area (Å²) < 4.78 is 0. The molecule has 13 nitrogen and oxygen atoms in total. The number of nitrogens with two attached hydrogens (primary N) is 1. The third-order valence-corrected chi connectivity index (χ3v) is 5.04. The molecule has 0 aliphatic rings. The molecular formula is C20H34N4O9. The van der Waals surface area contributed by atoms with E-state index in [0.717, 1.165) is 0 Å². The third-order valence-electron chi connectivity index (χ3n) is 5.04. The van der Waals surface area contributed by atoms with Crippen LogP contribution in [0.25, 0.3) is 0 Å². The van der Waals surface area contributed by atoms with Crippen LogP contribution in [0.5, 0.6) is 0 Å². The summed E-state index contributed by atoms with van der Waals surface area (Å²) in [6.07, 6.45) is -0.906.